The molecule has 0 bridgehead atoms. The van der Waals surface area contributed by atoms with Crippen molar-refractivity contribution in [1.82, 2.24) is 15.1 Å². The molecule has 0 saturated carbocycles. The minimum Gasteiger partial charge on any atom is -0.479 e. The average molecular weight is 370 g/mol. The molecule has 1 aromatic heterocycles. The zero-order chi connectivity index (χ0) is 19.7. The van der Waals surface area contributed by atoms with Crippen LogP contribution in [0.1, 0.15) is 30.8 Å². The van der Waals surface area contributed by atoms with E-state index in [4.69, 9.17) is 4.74 Å². The van der Waals surface area contributed by atoms with Crippen LogP contribution in [0.5, 0.6) is 5.75 Å². The molecule has 7 heteroatoms. The second-order valence-electron chi connectivity index (χ2n) is 6.92. The number of fused-ring (bicyclic) bond motifs is 1. The Hall–Kier alpha value is -2.83. The number of hydrogen-bond acceptors (Lipinski definition) is 4. The molecule has 3 rings (SSSR count). The molecular formula is C20H26N4O3. The van der Waals surface area contributed by atoms with E-state index < -0.39 is 12.1 Å². The lowest BCUT2D eigenvalue weighted by molar-refractivity contribution is -0.130. The first-order valence-electron chi connectivity index (χ1n) is 9.18. The van der Waals surface area contributed by atoms with Gasteiger partial charge >= 0.3 is 0 Å². The quantitative estimate of drug-likeness (QED) is 0.875. The van der Waals surface area contributed by atoms with E-state index in [1.54, 1.807) is 26.0 Å². The SMILES string of the molecule is Cc1nn(CCNC(=O)C(C)N2C(=O)C(C)Oc3ccccc32)c(C)c1C. The van der Waals surface area contributed by atoms with Crippen LogP contribution in [0.25, 0.3) is 0 Å². The molecule has 27 heavy (non-hydrogen) atoms. The van der Waals surface area contributed by atoms with Crippen molar-refractivity contribution in [2.75, 3.05) is 11.4 Å². The first-order valence-corrected chi connectivity index (χ1v) is 9.18. The number of aromatic nitrogens is 2. The Balaban J connectivity index is 1.68. The number of aryl methyl sites for hydroxylation is 1. The maximum absolute atomic E-state index is 12.7. The summed E-state index contributed by atoms with van der Waals surface area (Å²) in [6.45, 7) is 10.5. The molecule has 0 spiro atoms. The van der Waals surface area contributed by atoms with Crippen LogP contribution in [0.2, 0.25) is 0 Å². The third-order valence-corrected chi connectivity index (χ3v) is 5.15. The van der Waals surface area contributed by atoms with Gasteiger partial charge < -0.3 is 10.1 Å². The molecule has 2 aromatic rings. The molecule has 0 radical (unpaired) electrons. The summed E-state index contributed by atoms with van der Waals surface area (Å²) < 4.78 is 7.53. The van der Waals surface area contributed by atoms with Crippen molar-refractivity contribution >= 4 is 17.5 Å². The van der Waals surface area contributed by atoms with Crippen LogP contribution in [0, 0.1) is 20.8 Å². The number of amides is 2. The molecule has 144 valence electrons. The highest BCUT2D eigenvalue weighted by molar-refractivity contribution is 6.05. The number of rotatable bonds is 5. The molecule has 2 unspecified atom stereocenters. The van der Waals surface area contributed by atoms with Crippen LogP contribution in [0.3, 0.4) is 0 Å². The topological polar surface area (TPSA) is 76.5 Å². The Morgan fingerprint density at radius 2 is 2.00 bits per heavy atom. The monoisotopic (exact) mass is 370 g/mol. The van der Waals surface area contributed by atoms with Crippen LogP contribution in [0.15, 0.2) is 24.3 Å². The van der Waals surface area contributed by atoms with Crippen LogP contribution < -0.4 is 15.0 Å². The number of nitrogens with one attached hydrogen (secondary N) is 1. The highest BCUT2D eigenvalue weighted by atomic mass is 16.5. The lowest BCUT2D eigenvalue weighted by Crippen LogP contribution is -2.54. The molecule has 1 N–H and O–H groups in total. The maximum Gasteiger partial charge on any atom is 0.268 e. The number of ether oxygens (including phenoxy) is 1. The molecule has 7 nitrogen and oxygen atoms in total. The van der Waals surface area contributed by atoms with Gasteiger partial charge in [-0.05, 0) is 52.3 Å². The van der Waals surface area contributed by atoms with Gasteiger partial charge in [0.25, 0.3) is 5.91 Å². The van der Waals surface area contributed by atoms with E-state index in [2.05, 4.69) is 10.4 Å². The number of anilines is 1. The summed E-state index contributed by atoms with van der Waals surface area (Å²) in [6, 6.07) is 6.64. The van der Waals surface area contributed by atoms with E-state index in [1.807, 2.05) is 37.6 Å². The molecule has 2 amide bonds. The summed E-state index contributed by atoms with van der Waals surface area (Å²) in [5.41, 5.74) is 3.88. The van der Waals surface area contributed by atoms with E-state index >= 15 is 0 Å². The average Bonchev–Trinajstić information content (AvgIpc) is 2.89. The van der Waals surface area contributed by atoms with Gasteiger partial charge in [0, 0.05) is 12.2 Å². The minimum atomic E-state index is -0.632. The zero-order valence-electron chi connectivity index (χ0n) is 16.4. The third kappa shape index (κ3) is 3.54. The van der Waals surface area contributed by atoms with Crippen molar-refractivity contribution in [1.29, 1.82) is 0 Å². The Bertz CT molecular complexity index is 874. The van der Waals surface area contributed by atoms with Crippen molar-refractivity contribution in [2.24, 2.45) is 0 Å². The van der Waals surface area contributed by atoms with E-state index in [0.717, 1.165) is 11.4 Å². The fourth-order valence-electron chi connectivity index (χ4n) is 3.26. The predicted octanol–water partition coefficient (Wildman–Crippen LogP) is 2.13. The fraction of sp³-hybridized carbons (Fsp3) is 0.450. The van der Waals surface area contributed by atoms with Crippen molar-refractivity contribution in [3.05, 3.63) is 41.2 Å². The number of para-hydroxylation sites is 2. The van der Waals surface area contributed by atoms with E-state index in [0.29, 0.717) is 24.5 Å². The highest BCUT2D eigenvalue weighted by Gasteiger charge is 2.36. The van der Waals surface area contributed by atoms with Gasteiger partial charge in [0.1, 0.15) is 11.8 Å². The lowest BCUT2D eigenvalue weighted by atomic mass is 10.1. The van der Waals surface area contributed by atoms with Gasteiger partial charge in [-0.1, -0.05) is 12.1 Å². The normalized spacial score (nSPS) is 17.3. The smallest absolute Gasteiger partial charge is 0.268 e. The van der Waals surface area contributed by atoms with Crippen LogP contribution in [0.4, 0.5) is 5.69 Å². The maximum atomic E-state index is 12.7. The highest BCUT2D eigenvalue weighted by Crippen LogP contribution is 2.34. The number of carbonyl (C=O) groups excluding carboxylic acids is 2. The van der Waals surface area contributed by atoms with Crippen LogP contribution in [-0.2, 0) is 16.1 Å². The molecule has 1 aliphatic rings. The molecule has 1 aliphatic heterocycles. The minimum absolute atomic E-state index is 0.203. The van der Waals surface area contributed by atoms with Crippen molar-refractivity contribution in [2.45, 2.75) is 53.3 Å². The summed E-state index contributed by atoms with van der Waals surface area (Å²) in [7, 11) is 0. The Kier molecular flexibility index (Phi) is 5.21. The summed E-state index contributed by atoms with van der Waals surface area (Å²) in [6.07, 6.45) is -0.618. The van der Waals surface area contributed by atoms with Crippen molar-refractivity contribution in [3.8, 4) is 5.75 Å². The largest absolute Gasteiger partial charge is 0.479 e. The molecule has 0 saturated heterocycles. The zero-order valence-corrected chi connectivity index (χ0v) is 16.4. The van der Waals surface area contributed by atoms with Gasteiger partial charge in [0.05, 0.1) is 17.9 Å². The van der Waals surface area contributed by atoms with Gasteiger partial charge in [-0.25, -0.2) is 0 Å². The molecule has 2 heterocycles. The summed E-state index contributed by atoms with van der Waals surface area (Å²) in [5, 5.41) is 7.39. The Morgan fingerprint density at radius 3 is 2.67 bits per heavy atom. The molecule has 1 aromatic carbocycles. The molecular weight excluding hydrogens is 344 g/mol. The van der Waals surface area contributed by atoms with E-state index in [9.17, 15) is 9.59 Å². The van der Waals surface area contributed by atoms with Gasteiger partial charge in [-0.2, -0.15) is 5.10 Å². The first kappa shape index (κ1) is 18.9. The first-order chi connectivity index (χ1) is 12.8. The van der Waals surface area contributed by atoms with Crippen LogP contribution in [-0.4, -0.2) is 40.3 Å². The molecule has 2 atom stereocenters. The second kappa shape index (κ2) is 7.42. The number of benzene rings is 1. The van der Waals surface area contributed by atoms with E-state index in [-0.39, 0.29) is 11.8 Å². The van der Waals surface area contributed by atoms with E-state index in [1.165, 1.54) is 10.5 Å². The van der Waals surface area contributed by atoms with Crippen LogP contribution >= 0.6 is 0 Å². The van der Waals surface area contributed by atoms with Gasteiger partial charge in [0.15, 0.2) is 6.10 Å². The Labute approximate surface area is 159 Å². The number of carbonyl (C=O) groups is 2. The fourth-order valence-corrected chi connectivity index (χ4v) is 3.26. The standard InChI is InChI=1S/C20H26N4O3/c1-12-13(2)22-23(14(12)3)11-10-21-19(25)15(4)24-17-8-6-7-9-18(17)27-16(5)20(24)26/h6-9,15-16H,10-11H2,1-5H3,(H,21,25). The predicted molar refractivity (Wildman–Crippen MR) is 103 cm³/mol. The van der Waals surface area contributed by atoms with Gasteiger partial charge in [-0.3, -0.25) is 19.2 Å². The van der Waals surface area contributed by atoms with Gasteiger partial charge in [0.2, 0.25) is 5.91 Å². The number of hydrogen-bond donors (Lipinski definition) is 1. The summed E-state index contributed by atoms with van der Waals surface area (Å²) >= 11 is 0. The third-order valence-electron chi connectivity index (χ3n) is 5.15. The molecule has 0 fully saturated rings. The van der Waals surface area contributed by atoms with Crippen molar-refractivity contribution < 1.29 is 14.3 Å². The van der Waals surface area contributed by atoms with Crippen molar-refractivity contribution in [3.63, 3.8) is 0 Å². The summed E-state index contributed by atoms with van der Waals surface area (Å²) in [4.78, 5) is 26.8. The summed E-state index contributed by atoms with van der Waals surface area (Å²) in [5.74, 6) is 0.193. The number of nitrogens with zero attached hydrogens (tertiary/aromatic N) is 3. The Morgan fingerprint density at radius 1 is 1.30 bits per heavy atom. The second-order valence-corrected chi connectivity index (χ2v) is 6.92. The van der Waals surface area contributed by atoms with Gasteiger partial charge in [-0.15, -0.1) is 0 Å². The lowest BCUT2D eigenvalue weighted by Gasteiger charge is -2.36. The molecule has 0 aliphatic carbocycles.